The lowest BCUT2D eigenvalue weighted by molar-refractivity contribution is -0.137. The van der Waals surface area contributed by atoms with Crippen LogP contribution in [0.15, 0.2) is 30.5 Å². The van der Waals surface area contributed by atoms with Gasteiger partial charge >= 0.3 is 6.18 Å². The summed E-state index contributed by atoms with van der Waals surface area (Å²) in [5.74, 6) is -3.57. The lowest BCUT2D eigenvalue weighted by Crippen LogP contribution is -2.28. The van der Waals surface area contributed by atoms with Crippen LogP contribution in [0.4, 0.5) is 45.1 Å². The number of hydrogen-bond donors (Lipinski definition) is 2. The molecule has 0 radical (unpaired) electrons. The van der Waals surface area contributed by atoms with E-state index in [1.54, 1.807) is 12.1 Å². The first-order valence-corrected chi connectivity index (χ1v) is 9.89. The molecule has 1 aromatic carbocycles. The van der Waals surface area contributed by atoms with E-state index >= 15 is 0 Å². The van der Waals surface area contributed by atoms with Gasteiger partial charge in [-0.15, -0.1) is 0 Å². The van der Waals surface area contributed by atoms with Gasteiger partial charge < -0.3 is 20.2 Å². The van der Waals surface area contributed by atoms with Crippen LogP contribution in [-0.4, -0.2) is 53.3 Å². The number of benzene rings is 1. The predicted molar refractivity (Wildman–Crippen MR) is 106 cm³/mol. The molecule has 6 nitrogen and oxygen atoms in total. The smallest absolute Gasteiger partial charge is 0.391 e. The minimum atomic E-state index is -4.76. The van der Waals surface area contributed by atoms with Crippen LogP contribution >= 0.6 is 0 Å². The van der Waals surface area contributed by atoms with Gasteiger partial charge in [0.25, 0.3) is 5.92 Å². The highest BCUT2D eigenvalue weighted by atomic mass is 19.4. The number of aliphatic hydroxyl groups excluding tert-OH is 1. The lowest BCUT2D eigenvalue weighted by atomic mass is 10.1. The van der Waals surface area contributed by atoms with Gasteiger partial charge in [0.1, 0.15) is 11.4 Å². The number of alkyl halides is 5. The van der Waals surface area contributed by atoms with E-state index in [-0.39, 0.29) is 18.4 Å². The fourth-order valence-electron chi connectivity index (χ4n) is 3.84. The molecule has 2 saturated heterocycles. The van der Waals surface area contributed by atoms with Gasteiger partial charge in [0, 0.05) is 49.5 Å². The topological polar surface area (TPSA) is 64.5 Å². The number of nitrogens with one attached hydrogen (secondary N) is 1. The molecule has 0 spiro atoms. The molecule has 0 aliphatic carbocycles. The molecule has 2 fully saturated rings. The summed E-state index contributed by atoms with van der Waals surface area (Å²) in [5, 5.41) is 12.7. The molecular weight excluding hydrogens is 421 g/mol. The number of aromatic nitrogens is 2. The number of rotatable bonds is 4. The second-order valence-corrected chi connectivity index (χ2v) is 8.08. The van der Waals surface area contributed by atoms with Crippen LogP contribution in [0, 0.1) is 5.92 Å². The first kappa shape index (κ1) is 21.5. The quantitative estimate of drug-likeness (QED) is 0.699. The number of hydrogen-bond acceptors (Lipinski definition) is 6. The normalized spacial score (nSPS) is 23.5. The summed E-state index contributed by atoms with van der Waals surface area (Å²) in [7, 11) is 0. The number of anilines is 4. The Hall–Kier alpha value is -2.69. The first-order chi connectivity index (χ1) is 14.5. The summed E-state index contributed by atoms with van der Waals surface area (Å²) in [6.07, 6.45) is -5.06. The SMILES string of the molecule is C[C@@H]1CN(c2ccc(Nc3ncc(C(F)(F)F)c(N4CCC(F)(F)C4)n3)cc2)C[C@H]1O. The van der Waals surface area contributed by atoms with E-state index in [1.807, 2.05) is 24.0 Å². The molecule has 2 aliphatic rings. The van der Waals surface area contributed by atoms with Crippen molar-refractivity contribution < 1.29 is 27.1 Å². The Morgan fingerprint density at radius 1 is 1.13 bits per heavy atom. The van der Waals surface area contributed by atoms with Crippen molar-refractivity contribution in [3.63, 3.8) is 0 Å². The summed E-state index contributed by atoms with van der Waals surface area (Å²) < 4.78 is 67.2. The number of nitrogens with zero attached hydrogens (tertiary/aromatic N) is 4. The van der Waals surface area contributed by atoms with E-state index in [0.29, 0.717) is 18.4 Å². The Labute approximate surface area is 175 Å². The summed E-state index contributed by atoms with van der Waals surface area (Å²) >= 11 is 0. The minimum Gasteiger partial charge on any atom is -0.391 e. The fourth-order valence-corrected chi connectivity index (χ4v) is 3.84. The third kappa shape index (κ3) is 4.65. The molecule has 4 rings (SSSR count). The average molecular weight is 443 g/mol. The molecule has 11 heteroatoms. The predicted octanol–water partition coefficient (Wildman–Crippen LogP) is 3.90. The van der Waals surface area contributed by atoms with E-state index in [0.717, 1.165) is 17.1 Å². The van der Waals surface area contributed by atoms with Crippen LogP contribution in [0.2, 0.25) is 0 Å². The maximum atomic E-state index is 13.6. The van der Waals surface area contributed by atoms with Crippen molar-refractivity contribution in [2.45, 2.75) is 31.5 Å². The molecule has 2 aromatic rings. The maximum absolute atomic E-state index is 13.6. The van der Waals surface area contributed by atoms with E-state index in [2.05, 4.69) is 15.3 Å². The highest BCUT2D eigenvalue weighted by Crippen LogP contribution is 2.39. The van der Waals surface area contributed by atoms with Crippen LogP contribution in [0.5, 0.6) is 0 Å². The molecule has 168 valence electrons. The van der Waals surface area contributed by atoms with Crippen molar-refractivity contribution in [1.29, 1.82) is 0 Å². The van der Waals surface area contributed by atoms with Crippen LogP contribution < -0.4 is 15.1 Å². The standard InChI is InChI=1S/C20H22F5N5O/c1-12-9-30(10-16(12)31)14-4-2-13(3-5-14)27-18-26-8-15(20(23,24)25)17(28-18)29-7-6-19(21,22)11-29/h2-5,8,12,16,31H,6-7,9-11H2,1H3,(H,26,27,28)/t12-,16-/m1/s1. The highest BCUT2D eigenvalue weighted by molar-refractivity contribution is 5.61. The highest BCUT2D eigenvalue weighted by Gasteiger charge is 2.43. The number of aliphatic hydroxyl groups is 1. The Morgan fingerprint density at radius 2 is 1.84 bits per heavy atom. The van der Waals surface area contributed by atoms with Gasteiger partial charge in [0.15, 0.2) is 0 Å². The summed E-state index contributed by atoms with van der Waals surface area (Å²) in [6, 6.07) is 7.07. The molecule has 3 heterocycles. The van der Waals surface area contributed by atoms with Crippen molar-refractivity contribution in [3.8, 4) is 0 Å². The Bertz CT molecular complexity index is 927. The molecule has 31 heavy (non-hydrogen) atoms. The Balaban J connectivity index is 1.54. The lowest BCUT2D eigenvalue weighted by Gasteiger charge is -2.22. The van der Waals surface area contributed by atoms with Gasteiger partial charge in [-0.1, -0.05) is 6.92 Å². The largest absolute Gasteiger partial charge is 0.421 e. The number of β-amino-alcohol motifs (C(OH)–C–C–N with tert-alkyl or cyclic N) is 1. The monoisotopic (exact) mass is 443 g/mol. The van der Waals surface area contributed by atoms with Gasteiger partial charge in [-0.2, -0.15) is 18.2 Å². The van der Waals surface area contributed by atoms with Crippen LogP contribution in [-0.2, 0) is 6.18 Å². The van der Waals surface area contributed by atoms with E-state index in [4.69, 9.17) is 0 Å². The van der Waals surface area contributed by atoms with Gasteiger partial charge in [0.2, 0.25) is 5.95 Å². The van der Waals surface area contributed by atoms with Gasteiger partial charge in [-0.05, 0) is 24.3 Å². The number of halogens is 5. The molecule has 2 aliphatic heterocycles. The molecule has 2 N–H and O–H groups in total. The van der Waals surface area contributed by atoms with Gasteiger partial charge in [-0.25, -0.2) is 13.8 Å². The summed E-state index contributed by atoms with van der Waals surface area (Å²) in [5.41, 5.74) is 0.295. The van der Waals surface area contributed by atoms with E-state index in [1.165, 1.54) is 0 Å². The first-order valence-electron chi connectivity index (χ1n) is 9.89. The van der Waals surface area contributed by atoms with E-state index < -0.39 is 42.5 Å². The van der Waals surface area contributed by atoms with Crippen molar-refractivity contribution in [2.75, 3.05) is 41.3 Å². The maximum Gasteiger partial charge on any atom is 0.421 e. The molecule has 0 saturated carbocycles. The van der Waals surface area contributed by atoms with Gasteiger partial charge in [0.05, 0.1) is 12.6 Å². The molecule has 2 atom stereocenters. The summed E-state index contributed by atoms with van der Waals surface area (Å²) in [4.78, 5) is 10.6. The van der Waals surface area contributed by atoms with E-state index in [9.17, 15) is 27.1 Å². The summed E-state index contributed by atoms with van der Waals surface area (Å²) in [6.45, 7) is 2.18. The van der Waals surface area contributed by atoms with Crippen molar-refractivity contribution >= 4 is 23.1 Å². The third-order valence-corrected chi connectivity index (χ3v) is 5.60. The zero-order valence-electron chi connectivity index (χ0n) is 16.7. The average Bonchev–Trinajstić information content (AvgIpc) is 3.23. The zero-order chi connectivity index (χ0) is 22.4. The third-order valence-electron chi connectivity index (χ3n) is 5.60. The molecule has 0 unspecified atom stereocenters. The second-order valence-electron chi connectivity index (χ2n) is 8.08. The van der Waals surface area contributed by atoms with Crippen molar-refractivity contribution in [2.24, 2.45) is 5.92 Å². The van der Waals surface area contributed by atoms with Crippen molar-refractivity contribution in [1.82, 2.24) is 9.97 Å². The Kier molecular flexibility index (Phi) is 5.40. The van der Waals surface area contributed by atoms with Crippen LogP contribution in [0.3, 0.4) is 0 Å². The molecule has 1 aromatic heterocycles. The van der Waals surface area contributed by atoms with Gasteiger partial charge in [-0.3, -0.25) is 0 Å². The Morgan fingerprint density at radius 3 is 2.39 bits per heavy atom. The molecular formula is C20H22F5N5O. The minimum absolute atomic E-state index is 0.115. The van der Waals surface area contributed by atoms with Crippen LogP contribution in [0.25, 0.3) is 0 Å². The van der Waals surface area contributed by atoms with Crippen molar-refractivity contribution in [3.05, 3.63) is 36.0 Å². The van der Waals surface area contributed by atoms with Crippen LogP contribution in [0.1, 0.15) is 18.9 Å². The second kappa shape index (κ2) is 7.77. The molecule has 0 amide bonds. The zero-order valence-corrected chi connectivity index (χ0v) is 16.7. The fraction of sp³-hybridized carbons (Fsp3) is 0.500. The molecule has 0 bridgehead atoms.